The number of nitrogens with zero attached hydrogens (tertiary/aromatic N) is 3. The number of amides is 1. The summed E-state index contributed by atoms with van der Waals surface area (Å²) in [5.74, 6) is -0.111. The smallest absolute Gasteiger partial charge is 0.273 e. The van der Waals surface area contributed by atoms with Crippen molar-refractivity contribution in [3.8, 4) is 5.75 Å². The number of methoxy groups -OCH3 is 1. The summed E-state index contributed by atoms with van der Waals surface area (Å²) in [5.41, 5.74) is 0.227. The minimum Gasteiger partial charge on any atom is -0.494 e. The van der Waals surface area contributed by atoms with E-state index >= 15 is 0 Å². The first-order chi connectivity index (χ1) is 11.0. The zero-order valence-corrected chi connectivity index (χ0v) is 13.3. The molecule has 0 radical (unpaired) electrons. The molecule has 8 nitrogen and oxygen atoms in total. The van der Waals surface area contributed by atoms with Crippen molar-refractivity contribution < 1.29 is 14.5 Å². The maximum atomic E-state index is 12.4. The molecule has 0 aliphatic heterocycles. The third-order valence-electron chi connectivity index (χ3n) is 3.23. The van der Waals surface area contributed by atoms with Crippen LogP contribution in [0.25, 0.3) is 0 Å². The highest BCUT2D eigenvalue weighted by molar-refractivity contribution is 6.30. The van der Waals surface area contributed by atoms with E-state index < -0.39 is 11.0 Å². The van der Waals surface area contributed by atoms with E-state index in [0.29, 0.717) is 17.1 Å². The Labute approximate surface area is 137 Å². The van der Waals surface area contributed by atoms with Crippen molar-refractivity contribution in [2.45, 2.75) is 19.4 Å². The van der Waals surface area contributed by atoms with Crippen LogP contribution in [0.15, 0.2) is 30.6 Å². The van der Waals surface area contributed by atoms with Gasteiger partial charge in [-0.2, -0.15) is 5.10 Å². The Bertz CT molecular complexity index is 731. The number of hydrogen-bond donors (Lipinski definition) is 1. The highest BCUT2D eigenvalue weighted by Gasteiger charge is 2.21. The summed E-state index contributed by atoms with van der Waals surface area (Å²) in [6.07, 6.45) is 3.51. The molecule has 0 saturated carbocycles. The fraction of sp³-hybridized carbons (Fsp3) is 0.286. The second-order valence-electron chi connectivity index (χ2n) is 4.69. The lowest BCUT2D eigenvalue weighted by atomic mass is 10.2. The summed E-state index contributed by atoms with van der Waals surface area (Å²) < 4.78 is 6.57. The third kappa shape index (κ3) is 3.78. The number of rotatable bonds is 6. The van der Waals surface area contributed by atoms with Gasteiger partial charge in [-0.15, -0.1) is 0 Å². The van der Waals surface area contributed by atoms with Crippen molar-refractivity contribution in [2.24, 2.45) is 0 Å². The largest absolute Gasteiger partial charge is 0.494 e. The van der Waals surface area contributed by atoms with Crippen molar-refractivity contribution in [2.75, 3.05) is 12.4 Å². The van der Waals surface area contributed by atoms with Gasteiger partial charge in [-0.25, -0.2) is 0 Å². The first-order valence-electron chi connectivity index (χ1n) is 6.79. The molecule has 1 aromatic carbocycles. The fourth-order valence-electron chi connectivity index (χ4n) is 2.09. The number of nitrogens with one attached hydrogen (secondary N) is 1. The standard InChI is InChI=1S/C14H15ClN4O4/c1-3-12(18-8-9(15)7-16-18)14(20)17-11-5-4-10(19(21)22)6-13(11)23-2/h4-8,12H,3H2,1-2H3,(H,17,20). The summed E-state index contributed by atoms with van der Waals surface area (Å²) >= 11 is 5.82. The lowest BCUT2D eigenvalue weighted by Gasteiger charge is -2.16. The zero-order valence-electron chi connectivity index (χ0n) is 12.5. The number of aromatic nitrogens is 2. The van der Waals surface area contributed by atoms with Gasteiger partial charge in [0.2, 0.25) is 5.91 Å². The number of carbonyl (C=O) groups is 1. The molecule has 0 aliphatic rings. The molecular weight excluding hydrogens is 324 g/mol. The summed E-state index contributed by atoms with van der Waals surface area (Å²) in [4.78, 5) is 22.7. The van der Waals surface area contributed by atoms with Gasteiger partial charge < -0.3 is 10.1 Å². The maximum Gasteiger partial charge on any atom is 0.273 e. The Morgan fingerprint density at radius 2 is 2.30 bits per heavy atom. The highest BCUT2D eigenvalue weighted by Crippen LogP contribution is 2.30. The molecule has 0 saturated heterocycles. The topological polar surface area (TPSA) is 99.3 Å². The van der Waals surface area contributed by atoms with Gasteiger partial charge in [-0.05, 0) is 12.5 Å². The van der Waals surface area contributed by atoms with Gasteiger partial charge in [0.1, 0.15) is 11.8 Å². The number of non-ortho nitro benzene ring substituents is 1. The SMILES string of the molecule is CCC(C(=O)Nc1ccc([N+](=O)[O-])cc1OC)n1cc(Cl)cn1. The number of carbonyl (C=O) groups excluding carboxylic acids is 1. The van der Waals surface area contributed by atoms with Crippen molar-refractivity contribution >= 4 is 28.9 Å². The quantitative estimate of drug-likeness (QED) is 0.644. The van der Waals surface area contributed by atoms with Crippen LogP contribution in [0.2, 0.25) is 5.02 Å². The van der Waals surface area contributed by atoms with E-state index in [4.69, 9.17) is 16.3 Å². The Hall–Kier alpha value is -2.61. The molecule has 1 heterocycles. The van der Waals surface area contributed by atoms with Crippen molar-refractivity contribution in [3.05, 3.63) is 45.7 Å². The molecule has 2 rings (SSSR count). The van der Waals surface area contributed by atoms with Crippen LogP contribution in [0.5, 0.6) is 5.75 Å². The molecule has 1 atom stereocenters. The number of nitro groups is 1. The Kier molecular flexibility index (Phi) is 5.17. The van der Waals surface area contributed by atoms with Crippen molar-refractivity contribution in [1.82, 2.24) is 9.78 Å². The number of halogens is 1. The van der Waals surface area contributed by atoms with Crippen LogP contribution >= 0.6 is 11.6 Å². The van der Waals surface area contributed by atoms with Crippen LogP contribution < -0.4 is 10.1 Å². The number of ether oxygens (including phenoxy) is 1. The van der Waals surface area contributed by atoms with E-state index in [-0.39, 0.29) is 17.3 Å². The summed E-state index contributed by atoms with van der Waals surface area (Å²) in [6.45, 7) is 1.84. The number of nitro benzene ring substituents is 1. The number of hydrogen-bond acceptors (Lipinski definition) is 5. The van der Waals surface area contributed by atoms with Crippen LogP contribution in [-0.2, 0) is 4.79 Å². The summed E-state index contributed by atoms with van der Waals surface area (Å²) in [7, 11) is 1.37. The molecular formula is C14H15ClN4O4. The first kappa shape index (κ1) is 16.8. The van der Waals surface area contributed by atoms with Gasteiger partial charge in [0.25, 0.3) is 5.69 Å². The van der Waals surface area contributed by atoms with Crippen LogP contribution in [0, 0.1) is 10.1 Å². The molecule has 0 aliphatic carbocycles. The lowest BCUT2D eigenvalue weighted by Crippen LogP contribution is -2.26. The first-order valence-corrected chi connectivity index (χ1v) is 7.17. The third-order valence-corrected chi connectivity index (χ3v) is 3.43. The monoisotopic (exact) mass is 338 g/mol. The normalized spacial score (nSPS) is 11.8. The van der Waals surface area contributed by atoms with Gasteiger partial charge in [0, 0.05) is 12.3 Å². The zero-order chi connectivity index (χ0) is 17.0. The molecule has 0 fully saturated rings. The number of benzene rings is 1. The van der Waals surface area contributed by atoms with E-state index in [0.717, 1.165) is 0 Å². The average molecular weight is 339 g/mol. The maximum absolute atomic E-state index is 12.4. The average Bonchev–Trinajstić information content (AvgIpc) is 2.94. The predicted octanol–water partition coefficient (Wildman–Crippen LogP) is 3.04. The lowest BCUT2D eigenvalue weighted by molar-refractivity contribution is -0.384. The highest BCUT2D eigenvalue weighted by atomic mass is 35.5. The molecule has 1 aromatic heterocycles. The van der Waals surface area contributed by atoms with Crippen molar-refractivity contribution in [1.29, 1.82) is 0 Å². The molecule has 23 heavy (non-hydrogen) atoms. The van der Waals surface area contributed by atoms with Crippen molar-refractivity contribution in [3.63, 3.8) is 0 Å². The molecule has 9 heteroatoms. The second-order valence-corrected chi connectivity index (χ2v) is 5.13. The van der Waals surface area contributed by atoms with Crippen LogP contribution in [0.4, 0.5) is 11.4 Å². The van der Waals surface area contributed by atoms with Gasteiger partial charge >= 0.3 is 0 Å². The predicted molar refractivity (Wildman–Crippen MR) is 84.8 cm³/mol. The van der Waals surface area contributed by atoms with Gasteiger partial charge in [0.15, 0.2) is 0 Å². The molecule has 1 amide bonds. The number of anilines is 1. The Morgan fingerprint density at radius 3 is 2.83 bits per heavy atom. The summed E-state index contributed by atoms with van der Waals surface area (Å²) in [6, 6.07) is 3.42. The molecule has 122 valence electrons. The van der Waals surface area contributed by atoms with Gasteiger partial charge in [-0.1, -0.05) is 18.5 Å². The minimum atomic E-state index is -0.553. The van der Waals surface area contributed by atoms with E-state index in [9.17, 15) is 14.9 Å². The molecule has 1 N–H and O–H groups in total. The Morgan fingerprint density at radius 1 is 1.57 bits per heavy atom. The van der Waals surface area contributed by atoms with E-state index in [1.54, 1.807) is 6.20 Å². The Balaban J connectivity index is 2.23. The molecule has 0 spiro atoms. The molecule has 1 unspecified atom stereocenters. The molecule has 2 aromatic rings. The molecule has 0 bridgehead atoms. The van der Waals surface area contributed by atoms with Crippen LogP contribution in [0.1, 0.15) is 19.4 Å². The van der Waals surface area contributed by atoms with Crippen LogP contribution in [0.3, 0.4) is 0 Å². The van der Waals surface area contributed by atoms with E-state index in [1.165, 1.54) is 36.2 Å². The minimum absolute atomic E-state index is 0.120. The van der Waals surface area contributed by atoms with Gasteiger partial charge in [-0.3, -0.25) is 19.6 Å². The second kappa shape index (κ2) is 7.10. The van der Waals surface area contributed by atoms with E-state index in [1.807, 2.05) is 6.92 Å². The fourth-order valence-corrected chi connectivity index (χ4v) is 2.23. The summed E-state index contributed by atoms with van der Waals surface area (Å²) in [5, 5.41) is 17.9. The van der Waals surface area contributed by atoms with Crippen LogP contribution in [-0.4, -0.2) is 27.7 Å². The van der Waals surface area contributed by atoms with Gasteiger partial charge in [0.05, 0.1) is 35.0 Å². The van der Waals surface area contributed by atoms with E-state index in [2.05, 4.69) is 10.4 Å².